The van der Waals surface area contributed by atoms with Crippen molar-refractivity contribution in [1.29, 1.82) is 0 Å². The molecular formula is C11H22N4S2. The SMILES string of the molecule is CCCN1CCN(C(=S)NC(=S)N(C)C)CC1. The Hall–Kier alpha value is -0.460. The molecule has 1 N–H and O–H groups in total. The van der Waals surface area contributed by atoms with Gasteiger partial charge in [0.2, 0.25) is 0 Å². The lowest BCUT2D eigenvalue weighted by atomic mass is 10.3. The second-order valence-corrected chi connectivity index (χ2v) is 5.23. The lowest BCUT2D eigenvalue weighted by molar-refractivity contribution is 0.182. The molecule has 98 valence electrons. The smallest absolute Gasteiger partial charge is 0.175 e. The molecule has 17 heavy (non-hydrogen) atoms. The van der Waals surface area contributed by atoms with Crippen LogP contribution in [0, 0.1) is 0 Å². The van der Waals surface area contributed by atoms with Crippen LogP contribution in [0.15, 0.2) is 0 Å². The molecule has 0 aromatic rings. The predicted molar refractivity (Wildman–Crippen MR) is 80.3 cm³/mol. The monoisotopic (exact) mass is 274 g/mol. The summed E-state index contributed by atoms with van der Waals surface area (Å²) in [6.07, 6.45) is 1.22. The highest BCUT2D eigenvalue weighted by molar-refractivity contribution is 7.81. The van der Waals surface area contributed by atoms with Crippen molar-refractivity contribution in [3.05, 3.63) is 0 Å². The van der Waals surface area contributed by atoms with Crippen LogP contribution < -0.4 is 5.32 Å². The molecule has 0 spiro atoms. The van der Waals surface area contributed by atoms with Crippen molar-refractivity contribution < 1.29 is 0 Å². The Labute approximate surface area is 115 Å². The quantitative estimate of drug-likeness (QED) is 0.745. The largest absolute Gasteiger partial charge is 0.355 e. The number of hydrogen-bond donors (Lipinski definition) is 1. The van der Waals surface area contributed by atoms with Gasteiger partial charge in [0.1, 0.15) is 0 Å². The average molecular weight is 274 g/mol. The Morgan fingerprint density at radius 3 is 2.24 bits per heavy atom. The molecule has 6 heteroatoms. The molecule has 1 aliphatic heterocycles. The summed E-state index contributed by atoms with van der Waals surface area (Å²) in [6, 6.07) is 0. The molecule has 0 amide bonds. The van der Waals surface area contributed by atoms with Crippen molar-refractivity contribution in [3.63, 3.8) is 0 Å². The van der Waals surface area contributed by atoms with Crippen molar-refractivity contribution in [2.45, 2.75) is 13.3 Å². The van der Waals surface area contributed by atoms with E-state index in [0.717, 1.165) is 31.3 Å². The van der Waals surface area contributed by atoms with Gasteiger partial charge in [0.05, 0.1) is 0 Å². The van der Waals surface area contributed by atoms with Gasteiger partial charge in [-0.15, -0.1) is 0 Å². The second kappa shape index (κ2) is 7.08. The Bertz CT molecular complexity index is 273. The molecule has 0 unspecified atom stereocenters. The molecule has 0 radical (unpaired) electrons. The molecule has 1 rings (SSSR count). The molecule has 4 nitrogen and oxygen atoms in total. The van der Waals surface area contributed by atoms with Gasteiger partial charge in [-0.05, 0) is 37.4 Å². The van der Waals surface area contributed by atoms with E-state index in [1.807, 2.05) is 19.0 Å². The third kappa shape index (κ3) is 4.73. The van der Waals surface area contributed by atoms with E-state index in [0.29, 0.717) is 5.11 Å². The van der Waals surface area contributed by atoms with Crippen LogP contribution in [0.3, 0.4) is 0 Å². The molecule has 0 saturated carbocycles. The van der Waals surface area contributed by atoms with Gasteiger partial charge in [-0.25, -0.2) is 0 Å². The van der Waals surface area contributed by atoms with Gasteiger partial charge in [0, 0.05) is 40.3 Å². The van der Waals surface area contributed by atoms with E-state index in [1.54, 1.807) is 0 Å². The second-order valence-electron chi connectivity index (χ2n) is 4.46. The summed E-state index contributed by atoms with van der Waals surface area (Å²) in [5, 5.41) is 4.51. The third-order valence-corrected chi connectivity index (χ3v) is 3.65. The molecule has 0 bridgehead atoms. The van der Waals surface area contributed by atoms with Gasteiger partial charge < -0.3 is 15.1 Å². The lowest BCUT2D eigenvalue weighted by Crippen LogP contribution is -2.53. The van der Waals surface area contributed by atoms with E-state index in [1.165, 1.54) is 13.0 Å². The van der Waals surface area contributed by atoms with Crippen molar-refractivity contribution >= 4 is 34.7 Å². The minimum atomic E-state index is 0.672. The van der Waals surface area contributed by atoms with E-state index in [-0.39, 0.29) is 0 Å². The molecular weight excluding hydrogens is 252 g/mol. The summed E-state index contributed by atoms with van der Waals surface area (Å²) < 4.78 is 0. The van der Waals surface area contributed by atoms with Gasteiger partial charge in [-0.3, -0.25) is 4.90 Å². The maximum Gasteiger partial charge on any atom is 0.175 e. The van der Waals surface area contributed by atoms with E-state index in [2.05, 4.69) is 22.0 Å². The Balaban J connectivity index is 2.33. The topological polar surface area (TPSA) is 21.8 Å². The molecule has 1 heterocycles. The van der Waals surface area contributed by atoms with Crippen LogP contribution in [0.4, 0.5) is 0 Å². The van der Waals surface area contributed by atoms with Crippen molar-refractivity contribution in [1.82, 2.24) is 20.0 Å². The number of nitrogens with one attached hydrogen (secondary N) is 1. The van der Waals surface area contributed by atoms with Gasteiger partial charge in [0.15, 0.2) is 10.2 Å². The number of nitrogens with zero attached hydrogens (tertiary/aromatic N) is 3. The first-order valence-electron chi connectivity index (χ1n) is 6.04. The fraction of sp³-hybridized carbons (Fsp3) is 0.818. The van der Waals surface area contributed by atoms with E-state index >= 15 is 0 Å². The minimum absolute atomic E-state index is 0.672. The maximum absolute atomic E-state index is 5.35. The zero-order chi connectivity index (χ0) is 12.8. The molecule has 1 saturated heterocycles. The Kier molecular flexibility index (Phi) is 6.08. The lowest BCUT2D eigenvalue weighted by Gasteiger charge is -2.36. The van der Waals surface area contributed by atoms with Crippen LogP contribution in [0.25, 0.3) is 0 Å². The van der Waals surface area contributed by atoms with E-state index < -0.39 is 0 Å². The maximum atomic E-state index is 5.35. The summed E-state index contributed by atoms with van der Waals surface area (Å²) in [5.41, 5.74) is 0. The molecule has 0 atom stereocenters. The van der Waals surface area contributed by atoms with Crippen LogP contribution in [-0.4, -0.2) is 71.7 Å². The van der Waals surface area contributed by atoms with Gasteiger partial charge in [0.25, 0.3) is 0 Å². The van der Waals surface area contributed by atoms with Crippen LogP contribution in [0.1, 0.15) is 13.3 Å². The highest BCUT2D eigenvalue weighted by atomic mass is 32.1. The van der Waals surface area contributed by atoms with Crippen LogP contribution in [0.2, 0.25) is 0 Å². The van der Waals surface area contributed by atoms with E-state index in [9.17, 15) is 0 Å². The fourth-order valence-corrected chi connectivity index (χ4v) is 2.21. The zero-order valence-corrected chi connectivity index (χ0v) is 12.5. The highest BCUT2D eigenvalue weighted by Crippen LogP contribution is 2.03. The summed E-state index contributed by atoms with van der Waals surface area (Å²) in [6.45, 7) is 7.55. The van der Waals surface area contributed by atoms with Gasteiger partial charge >= 0.3 is 0 Å². The molecule has 1 fully saturated rings. The Morgan fingerprint density at radius 1 is 1.18 bits per heavy atom. The molecule has 0 aromatic carbocycles. The van der Waals surface area contributed by atoms with Gasteiger partial charge in [-0.2, -0.15) is 0 Å². The fourth-order valence-electron chi connectivity index (χ4n) is 1.77. The summed E-state index contributed by atoms with van der Waals surface area (Å²) in [4.78, 5) is 6.52. The highest BCUT2D eigenvalue weighted by Gasteiger charge is 2.18. The van der Waals surface area contributed by atoms with Gasteiger partial charge in [-0.1, -0.05) is 6.92 Å². The molecule has 1 aliphatic rings. The first-order chi connectivity index (χ1) is 8.04. The summed E-state index contributed by atoms with van der Waals surface area (Å²) in [7, 11) is 3.83. The van der Waals surface area contributed by atoms with Crippen LogP contribution in [-0.2, 0) is 0 Å². The summed E-state index contributed by atoms with van der Waals surface area (Å²) >= 11 is 10.5. The van der Waals surface area contributed by atoms with E-state index in [4.69, 9.17) is 24.4 Å². The first-order valence-corrected chi connectivity index (χ1v) is 6.85. The zero-order valence-electron chi connectivity index (χ0n) is 10.9. The van der Waals surface area contributed by atoms with Crippen LogP contribution in [0.5, 0.6) is 0 Å². The van der Waals surface area contributed by atoms with Crippen molar-refractivity contribution in [2.75, 3.05) is 46.8 Å². The number of piperazine rings is 1. The van der Waals surface area contributed by atoms with Crippen molar-refractivity contribution in [3.8, 4) is 0 Å². The van der Waals surface area contributed by atoms with Crippen LogP contribution >= 0.6 is 24.4 Å². The predicted octanol–water partition coefficient (Wildman–Crippen LogP) is 0.735. The number of rotatable bonds is 2. The van der Waals surface area contributed by atoms with Crippen molar-refractivity contribution in [2.24, 2.45) is 0 Å². The molecule has 0 aromatic heterocycles. The standard InChI is InChI=1S/C11H22N4S2/c1-4-5-14-6-8-15(9-7-14)11(17)12-10(16)13(2)3/h4-9H2,1-3H3,(H,12,16,17). The molecule has 0 aliphatic carbocycles. The summed E-state index contributed by atoms with van der Waals surface area (Å²) in [5.74, 6) is 0. The number of hydrogen-bond acceptors (Lipinski definition) is 3. The average Bonchev–Trinajstić information content (AvgIpc) is 2.30. The Morgan fingerprint density at radius 2 is 1.76 bits per heavy atom. The first kappa shape index (κ1) is 14.6. The third-order valence-electron chi connectivity index (χ3n) is 2.82. The normalized spacial score (nSPS) is 16.8. The minimum Gasteiger partial charge on any atom is -0.355 e. The number of thiocarbonyl (C=S) groups is 2.